The van der Waals surface area contributed by atoms with E-state index in [2.05, 4.69) is 31.3 Å². The van der Waals surface area contributed by atoms with Crippen molar-refractivity contribution in [2.75, 3.05) is 13.2 Å². The van der Waals surface area contributed by atoms with E-state index in [1.54, 1.807) is 0 Å². The Morgan fingerprint density at radius 1 is 0.409 bits per heavy atom. The lowest BCUT2D eigenvalue weighted by Gasteiger charge is -2.22. The Morgan fingerprint density at radius 2 is 0.712 bits per heavy atom. The molecule has 392 valence electrons. The number of hydrogen-bond donors (Lipinski definition) is 3. The fourth-order valence-electron chi connectivity index (χ4n) is 9.46. The maximum atomic E-state index is 12.5. The van der Waals surface area contributed by atoms with E-state index in [-0.39, 0.29) is 18.5 Å². The summed E-state index contributed by atoms with van der Waals surface area (Å²) in [6.45, 7) is 4.95. The van der Waals surface area contributed by atoms with E-state index >= 15 is 0 Å². The quantitative estimate of drug-likeness (QED) is 0.0321. The van der Waals surface area contributed by atoms with Gasteiger partial charge < -0.3 is 20.3 Å². The molecule has 1 amide bonds. The molecule has 0 saturated carbocycles. The summed E-state index contributed by atoms with van der Waals surface area (Å²) >= 11 is 0. The molecule has 0 aliphatic carbocycles. The van der Waals surface area contributed by atoms with E-state index in [1.807, 2.05) is 0 Å². The Balaban J connectivity index is 3.41. The normalized spacial score (nSPS) is 12.6. The summed E-state index contributed by atoms with van der Waals surface area (Å²) in [6, 6.07) is -0.545. The van der Waals surface area contributed by atoms with Gasteiger partial charge in [0.2, 0.25) is 5.91 Å². The van der Waals surface area contributed by atoms with Gasteiger partial charge in [0.15, 0.2) is 0 Å². The summed E-state index contributed by atoms with van der Waals surface area (Å²) in [5, 5.41) is 23.3. The van der Waals surface area contributed by atoms with Crippen LogP contribution in [-0.2, 0) is 14.3 Å². The molecular weight excluding hydrogens is 815 g/mol. The van der Waals surface area contributed by atoms with Gasteiger partial charge in [-0.2, -0.15) is 0 Å². The first-order valence-electron chi connectivity index (χ1n) is 29.9. The van der Waals surface area contributed by atoms with Crippen LogP contribution in [0.3, 0.4) is 0 Å². The molecule has 3 N–H and O–H groups in total. The first kappa shape index (κ1) is 64.6. The molecule has 0 heterocycles. The number of rotatable bonds is 56. The van der Waals surface area contributed by atoms with Crippen LogP contribution in [0.4, 0.5) is 0 Å². The Morgan fingerprint density at radius 3 is 1.08 bits per heavy atom. The van der Waals surface area contributed by atoms with E-state index in [4.69, 9.17) is 4.74 Å². The number of aliphatic hydroxyl groups is 2. The molecule has 0 aromatic rings. The van der Waals surface area contributed by atoms with E-state index in [1.165, 1.54) is 257 Å². The summed E-state index contributed by atoms with van der Waals surface area (Å²) in [4.78, 5) is 24.5. The van der Waals surface area contributed by atoms with Crippen LogP contribution in [0.1, 0.15) is 335 Å². The van der Waals surface area contributed by atoms with Gasteiger partial charge in [-0.25, -0.2) is 0 Å². The number of ether oxygens (including phenoxy) is 1. The van der Waals surface area contributed by atoms with Crippen LogP contribution >= 0.6 is 0 Å². The highest BCUT2D eigenvalue weighted by atomic mass is 16.5. The second kappa shape index (κ2) is 56.2. The zero-order chi connectivity index (χ0) is 47.9. The number of nitrogens with one attached hydrogen (secondary N) is 1. The molecule has 0 aliphatic rings. The van der Waals surface area contributed by atoms with E-state index in [9.17, 15) is 19.8 Å². The Bertz CT molecular complexity index is 986. The molecule has 6 heteroatoms. The van der Waals surface area contributed by atoms with Gasteiger partial charge in [0, 0.05) is 12.8 Å². The number of allylic oxidation sites excluding steroid dienone is 2. The maximum absolute atomic E-state index is 12.5. The number of carbonyl (C=O) groups is 2. The molecule has 0 rings (SSSR count). The summed E-state index contributed by atoms with van der Waals surface area (Å²) < 4.78 is 5.47. The van der Waals surface area contributed by atoms with Gasteiger partial charge in [0.1, 0.15) is 0 Å². The van der Waals surface area contributed by atoms with Crippen molar-refractivity contribution in [1.29, 1.82) is 0 Å². The Kier molecular flexibility index (Phi) is 55.0. The summed E-state index contributed by atoms with van der Waals surface area (Å²) in [7, 11) is 0. The van der Waals surface area contributed by atoms with Crippen LogP contribution < -0.4 is 5.32 Å². The highest BCUT2D eigenvalue weighted by Crippen LogP contribution is 2.18. The minimum Gasteiger partial charge on any atom is -0.466 e. The average molecular weight is 933 g/mol. The third-order valence-electron chi connectivity index (χ3n) is 14.1. The fourth-order valence-corrected chi connectivity index (χ4v) is 9.46. The van der Waals surface area contributed by atoms with Crippen molar-refractivity contribution < 1.29 is 24.5 Å². The second-order valence-corrected chi connectivity index (χ2v) is 20.7. The zero-order valence-corrected chi connectivity index (χ0v) is 44.7. The number of hydrogen-bond acceptors (Lipinski definition) is 5. The molecule has 0 saturated heterocycles. The van der Waals surface area contributed by atoms with Gasteiger partial charge in [-0.1, -0.05) is 283 Å². The lowest BCUT2D eigenvalue weighted by molar-refractivity contribution is -0.143. The molecule has 6 nitrogen and oxygen atoms in total. The van der Waals surface area contributed by atoms with Crippen LogP contribution in [0.25, 0.3) is 0 Å². The molecule has 0 bridgehead atoms. The van der Waals surface area contributed by atoms with E-state index < -0.39 is 12.1 Å². The molecule has 0 aromatic carbocycles. The van der Waals surface area contributed by atoms with Crippen LogP contribution in [0.15, 0.2) is 12.2 Å². The lowest BCUT2D eigenvalue weighted by atomic mass is 10.0. The monoisotopic (exact) mass is 932 g/mol. The van der Waals surface area contributed by atoms with Crippen LogP contribution in [0.2, 0.25) is 0 Å². The molecule has 0 spiro atoms. The van der Waals surface area contributed by atoms with Crippen LogP contribution in [0, 0.1) is 0 Å². The zero-order valence-electron chi connectivity index (χ0n) is 44.7. The van der Waals surface area contributed by atoms with Crippen molar-refractivity contribution in [2.45, 2.75) is 347 Å². The third-order valence-corrected chi connectivity index (χ3v) is 14.1. The van der Waals surface area contributed by atoms with E-state index in [0.29, 0.717) is 25.9 Å². The van der Waals surface area contributed by atoms with Crippen LogP contribution in [0.5, 0.6) is 0 Å². The summed E-state index contributed by atoms with van der Waals surface area (Å²) in [6.07, 6.45) is 66.3. The minimum absolute atomic E-state index is 0.00234. The molecule has 66 heavy (non-hydrogen) atoms. The fraction of sp³-hybridized carbons (Fsp3) is 0.933. The predicted octanol–water partition coefficient (Wildman–Crippen LogP) is 18.5. The van der Waals surface area contributed by atoms with Gasteiger partial charge in [-0.15, -0.1) is 0 Å². The summed E-state index contributed by atoms with van der Waals surface area (Å²) in [5.74, 6) is -0.0397. The van der Waals surface area contributed by atoms with Crippen LogP contribution in [-0.4, -0.2) is 47.4 Å². The summed E-state index contributed by atoms with van der Waals surface area (Å²) in [5.41, 5.74) is 0. The molecule has 2 unspecified atom stereocenters. The first-order valence-corrected chi connectivity index (χ1v) is 29.9. The minimum atomic E-state index is -0.668. The molecule has 0 radical (unpaired) electrons. The smallest absolute Gasteiger partial charge is 0.305 e. The Labute approximate surface area is 412 Å². The SMILES string of the molecule is CCCCCCC/C=C\CCCCCCCC(=O)OCCCCCCCCCCCCCCCCCCCC(=O)NC(CO)C(O)CCCCCCCCCCCCCCCCCCCC. The second-order valence-electron chi connectivity index (χ2n) is 20.7. The van der Waals surface area contributed by atoms with Gasteiger partial charge in [-0.3, -0.25) is 9.59 Å². The largest absolute Gasteiger partial charge is 0.466 e. The molecule has 0 aliphatic heterocycles. The van der Waals surface area contributed by atoms with Gasteiger partial charge in [0.25, 0.3) is 0 Å². The molecule has 0 fully saturated rings. The molecule has 2 atom stereocenters. The number of unbranched alkanes of at least 4 members (excludes halogenated alkanes) is 43. The first-order chi connectivity index (χ1) is 32.5. The van der Waals surface area contributed by atoms with Crippen molar-refractivity contribution in [3.8, 4) is 0 Å². The lowest BCUT2D eigenvalue weighted by Crippen LogP contribution is -2.45. The molecule has 0 aromatic heterocycles. The average Bonchev–Trinajstić information content (AvgIpc) is 3.32. The van der Waals surface area contributed by atoms with Crippen molar-refractivity contribution in [2.24, 2.45) is 0 Å². The highest BCUT2D eigenvalue weighted by Gasteiger charge is 2.20. The standard InChI is InChI=1S/C60H117NO5/c1-3-5-7-9-11-13-15-17-19-20-22-25-28-32-36-40-44-48-52-58(63)57(56-62)61-59(64)53-49-45-41-37-33-29-26-23-21-24-27-31-35-39-43-47-51-55-66-60(65)54-50-46-42-38-34-30-18-16-14-12-10-8-6-4-2/h16,18,57-58,62-63H,3-15,17,19-56H2,1-2H3,(H,61,64)/b18-16-. The Hall–Kier alpha value is -1.40. The maximum Gasteiger partial charge on any atom is 0.305 e. The number of aliphatic hydroxyl groups excluding tert-OH is 2. The third kappa shape index (κ3) is 52.0. The predicted molar refractivity (Wildman–Crippen MR) is 287 cm³/mol. The van der Waals surface area contributed by atoms with Crippen molar-refractivity contribution in [3.63, 3.8) is 0 Å². The van der Waals surface area contributed by atoms with Crippen molar-refractivity contribution >= 4 is 11.9 Å². The van der Waals surface area contributed by atoms with Crippen molar-refractivity contribution in [1.82, 2.24) is 5.32 Å². The number of carbonyl (C=O) groups excluding carboxylic acids is 2. The van der Waals surface area contributed by atoms with Gasteiger partial charge in [-0.05, 0) is 51.4 Å². The molecular formula is C60H117NO5. The van der Waals surface area contributed by atoms with Crippen molar-refractivity contribution in [3.05, 3.63) is 12.2 Å². The highest BCUT2D eigenvalue weighted by molar-refractivity contribution is 5.76. The number of esters is 1. The van der Waals surface area contributed by atoms with Gasteiger partial charge in [0.05, 0.1) is 25.4 Å². The van der Waals surface area contributed by atoms with E-state index in [0.717, 1.165) is 44.9 Å². The topological polar surface area (TPSA) is 95.9 Å². The van der Waals surface area contributed by atoms with Gasteiger partial charge >= 0.3 is 5.97 Å². The number of amides is 1.